The molecule has 0 aliphatic heterocycles. The molecule has 92 valence electrons. The van der Waals surface area contributed by atoms with E-state index in [2.05, 4.69) is 0 Å². The first-order valence-corrected chi connectivity index (χ1v) is 9.66. The van der Waals surface area contributed by atoms with Gasteiger partial charge in [-0.25, -0.2) is 0 Å². The zero-order chi connectivity index (χ0) is 11.8. The standard InChI is InChI=1S/C13H23FOSi/c1-16(2,14)12-8-7-11(9-12)13(15)10-5-3-4-6-10/h10-12H,3-9H2,1-2H3/t11-,12-/m1/s1. The molecule has 2 saturated carbocycles. The third-order valence-electron chi connectivity index (χ3n) is 4.56. The second kappa shape index (κ2) is 4.59. The van der Waals surface area contributed by atoms with Gasteiger partial charge in [0.25, 0.3) is 0 Å². The molecule has 0 aromatic carbocycles. The Hall–Kier alpha value is -0.183. The Morgan fingerprint density at radius 1 is 1.06 bits per heavy atom. The summed E-state index contributed by atoms with van der Waals surface area (Å²) in [5.41, 5.74) is 0.239. The molecule has 2 atom stereocenters. The van der Waals surface area contributed by atoms with Crippen LogP contribution in [0.25, 0.3) is 0 Å². The highest BCUT2D eigenvalue weighted by Gasteiger charge is 2.42. The summed E-state index contributed by atoms with van der Waals surface area (Å²) in [6.45, 7) is 3.58. The number of ketones is 1. The van der Waals surface area contributed by atoms with Crippen LogP contribution in [-0.4, -0.2) is 14.2 Å². The monoisotopic (exact) mass is 242 g/mol. The van der Waals surface area contributed by atoms with Crippen LogP contribution >= 0.6 is 0 Å². The van der Waals surface area contributed by atoms with E-state index in [1.165, 1.54) is 12.8 Å². The normalized spacial score (nSPS) is 32.2. The molecule has 0 spiro atoms. The van der Waals surface area contributed by atoms with Crippen molar-refractivity contribution < 1.29 is 8.90 Å². The number of halogens is 1. The maximum Gasteiger partial charge on any atom is 0.244 e. The molecule has 0 saturated heterocycles. The second-order valence-electron chi connectivity index (χ2n) is 6.16. The topological polar surface area (TPSA) is 17.1 Å². The maximum absolute atomic E-state index is 13.9. The van der Waals surface area contributed by atoms with E-state index in [1.54, 1.807) is 13.1 Å². The van der Waals surface area contributed by atoms with E-state index in [-0.39, 0.29) is 11.5 Å². The van der Waals surface area contributed by atoms with Crippen molar-refractivity contribution >= 4 is 14.2 Å². The number of carbonyl (C=O) groups is 1. The fourth-order valence-corrected chi connectivity index (χ4v) is 5.11. The summed E-state index contributed by atoms with van der Waals surface area (Å²) in [5, 5.41) is 0. The lowest BCUT2D eigenvalue weighted by atomic mass is 9.90. The molecular weight excluding hydrogens is 219 g/mol. The van der Waals surface area contributed by atoms with Gasteiger partial charge in [-0.15, -0.1) is 0 Å². The van der Waals surface area contributed by atoms with Gasteiger partial charge in [0.05, 0.1) is 0 Å². The lowest BCUT2D eigenvalue weighted by Gasteiger charge is -2.20. The van der Waals surface area contributed by atoms with E-state index in [9.17, 15) is 8.90 Å². The molecule has 0 N–H and O–H groups in total. The third-order valence-corrected chi connectivity index (χ3v) is 7.03. The molecule has 0 aromatic heterocycles. The van der Waals surface area contributed by atoms with E-state index >= 15 is 0 Å². The Bertz CT molecular complexity index is 266. The lowest BCUT2D eigenvalue weighted by molar-refractivity contribution is -0.126. The summed E-state index contributed by atoms with van der Waals surface area (Å²) in [6.07, 6.45) is 7.39. The lowest BCUT2D eigenvalue weighted by Crippen LogP contribution is -2.26. The van der Waals surface area contributed by atoms with Gasteiger partial charge in [-0.1, -0.05) is 12.8 Å². The van der Waals surface area contributed by atoms with E-state index in [4.69, 9.17) is 0 Å². The Balaban J connectivity index is 1.90. The van der Waals surface area contributed by atoms with Gasteiger partial charge in [-0.2, -0.15) is 0 Å². The average Bonchev–Trinajstić information content (AvgIpc) is 2.87. The molecule has 0 heterocycles. The number of carbonyl (C=O) groups excluding carboxylic acids is 1. The highest BCUT2D eigenvalue weighted by atomic mass is 28.4. The number of Topliss-reactive ketones (excluding diaryl/α,β-unsaturated/α-hetero) is 1. The predicted octanol–water partition coefficient (Wildman–Crippen LogP) is 4.09. The SMILES string of the molecule is C[Si](C)(F)[C@@H]1CC[C@@H](C(=O)C2CCCC2)C1. The molecule has 2 aliphatic rings. The van der Waals surface area contributed by atoms with Crippen LogP contribution in [0.15, 0.2) is 0 Å². The molecule has 16 heavy (non-hydrogen) atoms. The van der Waals surface area contributed by atoms with Crippen LogP contribution < -0.4 is 0 Å². The van der Waals surface area contributed by atoms with Crippen molar-refractivity contribution in [2.75, 3.05) is 0 Å². The number of hydrogen-bond acceptors (Lipinski definition) is 1. The minimum Gasteiger partial charge on any atom is -0.314 e. The van der Waals surface area contributed by atoms with Crippen LogP contribution in [-0.2, 0) is 4.79 Å². The third kappa shape index (κ3) is 2.55. The van der Waals surface area contributed by atoms with Crippen LogP contribution in [0.1, 0.15) is 44.9 Å². The highest BCUT2D eigenvalue weighted by molar-refractivity contribution is 6.72. The van der Waals surface area contributed by atoms with Crippen molar-refractivity contribution in [1.82, 2.24) is 0 Å². The van der Waals surface area contributed by atoms with Crippen molar-refractivity contribution in [3.05, 3.63) is 0 Å². The van der Waals surface area contributed by atoms with Gasteiger partial charge >= 0.3 is 0 Å². The van der Waals surface area contributed by atoms with Crippen molar-refractivity contribution in [1.29, 1.82) is 0 Å². The number of hydrogen-bond donors (Lipinski definition) is 0. The summed E-state index contributed by atoms with van der Waals surface area (Å²) in [7, 11) is -2.50. The van der Waals surface area contributed by atoms with E-state index in [1.807, 2.05) is 0 Å². The Kier molecular flexibility index (Phi) is 3.52. The Labute approximate surface area is 99.0 Å². The van der Waals surface area contributed by atoms with Gasteiger partial charge in [0.15, 0.2) is 0 Å². The predicted molar refractivity (Wildman–Crippen MR) is 66.6 cm³/mol. The van der Waals surface area contributed by atoms with E-state index < -0.39 is 8.41 Å². The number of rotatable bonds is 3. The molecule has 0 bridgehead atoms. The molecule has 0 radical (unpaired) electrons. The van der Waals surface area contributed by atoms with Crippen LogP contribution in [0.5, 0.6) is 0 Å². The Morgan fingerprint density at radius 2 is 1.69 bits per heavy atom. The maximum atomic E-state index is 13.9. The van der Waals surface area contributed by atoms with Gasteiger partial charge in [0.1, 0.15) is 5.78 Å². The first-order valence-electron chi connectivity index (χ1n) is 6.71. The minimum absolute atomic E-state index is 0.204. The minimum atomic E-state index is -2.50. The van der Waals surface area contributed by atoms with E-state index in [0.717, 1.165) is 32.1 Å². The van der Waals surface area contributed by atoms with Crippen LogP contribution in [0, 0.1) is 11.8 Å². The highest BCUT2D eigenvalue weighted by Crippen LogP contribution is 2.44. The largest absolute Gasteiger partial charge is 0.314 e. The van der Waals surface area contributed by atoms with E-state index in [0.29, 0.717) is 11.7 Å². The molecule has 2 fully saturated rings. The van der Waals surface area contributed by atoms with Crippen molar-refractivity contribution in [2.45, 2.75) is 63.6 Å². The fourth-order valence-electron chi connectivity index (χ4n) is 3.41. The summed E-state index contributed by atoms with van der Waals surface area (Å²) in [6, 6.07) is 0. The summed E-state index contributed by atoms with van der Waals surface area (Å²) >= 11 is 0. The van der Waals surface area contributed by atoms with Crippen molar-refractivity contribution in [3.8, 4) is 0 Å². The van der Waals surface area contributed by atoms with Gasteiger partial charge < -0.3 is 4.11 Å². The fraction of sp³-hybridized carbons (Fsp3) is 0.923. The molecule has 0 amide bonds. The zero-order valence-electron chi connectivity index (χ0n) is 10.5. The van der Waals surface area contributed by atoms with Crippen molar-refractivity contribution in [3.63, 3.8) is 0 Å². The van der Waals surface area contributed by atoms with Gasteiger partial charge in [-0.05, 0) is 50.7 Å². The molecule has 0 unspecified atom stereocenters. The summed E-state index contributed by atoms with van der Waals surface area (Å²) in [4.78, 5) is 12.2. The molecule has 0 aromatic rings. The summed E-state index contributed by atoms with van der Waals surface area (Å²) in [5.74, 6) is 1.00. The first kappa shape index (κ1) is 12.3. The molecule has 3 heteroatoms. The average molecular weight is 242 g/mol. The van der Waals surface area contributed by atoms with Crippen LogP contribution in [0.2, 0.25) is 18.6 Å². The molecule has 2 aliphatic carbocycles. The Morgan fingerprint density at radius 3 is 2.19 bits per heavy atom. The quantitative estimate of drug-likeness (QED) is 0.538. The zero-order valence-corrected chi connectivity index (χ0v) is 11.5. The van der Waals surface area contributed by atoms with Gasteiger partial charge in [0.2, 0.25) is 8.41 Å². The van der Waals surface area contributed by atoms with Gasteiger partial charge in [-0.3, -0.25) is 4.79 Å². The van der Waals surface area contributed by atoms with Crippen LogP contribution in [0.4, 0.5) is 4.11 Å². The van der Waals surface area contributed by atoms with Crippen LogP contribution in [0.3, 0.4) is 0 Å². The van der Waals surface area contributed by atoms with Crippen molar-refractivity contribution in [2.24, 2.45) is 11.8 Å². The first-order chi connectivity index (χ1) is 7.48. The molecule has 2 rings (SSSR count). The van der Waals surface area contributed by atoms with Gasteiger partial charge in [0, 0.05) is 11.8 Å². The smallest absolute Gasteiger partial charge is 0.244 e. The molecule has 1 nitrogen and oxygen atoms in total. The molecular formula is C13H23FOSi. The second-order valence-corrected chi connectivity index (χ2v) is 10.1. The summed E-state index contributed by atoms with van der Waals surface area (Å²) < 4.78 is 13.9.